The molecule has 2 rings (SSSR count). The number of carbonyl (C=O) groups excluding carboxylic acids is 3. The zero-order valence-electron chi connectivity index (χ0n) is 16.0. The van der Waals surface area contributed by atoms with Gasteiger partial charge in [-0.3, -0.25) is 4.79 Å². The lowest BCUT2D eigenvalue weighted by Crippen LogP contribution is -2.29. The minimum Gasteiger partial charge on any atom is -0.479 e. The highest BCUT2D eigenvalue weighted by Gasteiger charge is 2.21. The number of benzene rings is 1. The normalized spacial score (nSPS) is 11.4. The first-order chi connectivity index (χ1) is 13.4. The number of rotatable bonds is 9. The second-order valence-electron chi connectivity index (χ2n) is 5.76. The number of carbonyl (C=O) groups is 3. The largest absolute Gasteiger partial charge is 0.479 e. The molecule has 1 N–H and O–H groups in total. The molecule has 2 aromatic rings. The summed E-state index contributed by atoms with van der Waals surface area (Å²) >= 11 is 1.29. The van der Waals surface area contributed by atoms with Crippen molar-refractivity contribution < 1.29 is 28.6 Å². The van der Waals surface area contributed by atoms with E-state index in [2.05, 4.69) is 5.32 Å². The Hall–Kier alpha value is -2.87. The van der Waals surface area contributed by atoms with Crippen molar-refractivity contribution >= 4 is 34.2 Å². The zero-order valence-corrected chi connectivity index (χ0v) is 16.8. The van der Waals surface area contributed by atoms with Crippen LogP contribution in [0, 0.1) is 0 Å². The van der Waals surface area contributed by atoms with Gasteiger partial charge in [-0.2, -0.15) is 0 Å². The SMILES string of the molecule is CCOC(=O)c1cc(CC)sc1NC(=O)COC(=O)[C@@H](C)Oc1ccccc1. The van der Waals surface area contributed by atoms with E-state index in [4.69, 9.17) is 14.2 Å². The molecule has 7 nitrogen and oxygen atoms in total. The van der Waals surface area contributed by atoms with Gasteiger partial charge >= 0.3 is 11.9 Å². The number of nitrogens with one attached hydrogen (secondary N) is 1. The molecule has 8 heteroatoms. The Balaban J connectivity index is 1.90. The molecule has 0 aliphatic carbocycles. The average molecular weight is 405 g/mol. The highest BCUT2D eigenvalue weighted by Crippen LogP contribution is 2.29. The van der Waals surface area contributed by atoms with Gasteiger partial charge in [0.1, 0.15) is 10.8 Å². The second-order valence-corrected chi connectivity index (χ2v) is 6.90. The Morgan fingerprint density at radius 3 is 2.46 bits per heavy atom. The topological polar surface area (TPSA) is 90.9 Å². The van der Waals surface area contributed by atoms with Gasteiger partial charge in [-0.15, -0.1) is 11.3 Å². The van der Waals surface area contributed by atoms with Crippen LogP contribution in [-0.4, -0.2) is 37.2 Å². The van der Waals surface area contributed by atoms with Crippen LogP contribution in [0.2, 0.25) is 0 Å². The molecular weight excluding hydrogens is 382 g/mol. The van der Waals surface area contributed by atoms with Crippen LogP contribution < -0.4 is 10.1 Å². The van der Waals surface area contributed by atoms with E-state index in [1.54, 1.807) is 44.2 Å². The van der Waals surface area contributed by atoms with E-state index in [0.29, 0.717) is 16.3 Å². The van der Waals surface area contributed by atoms with Crippen LogP contribution >= 0.6 is 11.3 Å². The molecule has 28 heavy (non-hydrogen) atoms. The Morgan fingerprint density at radius 2 is 1.82 bits per heavy atom. The van der Waals surface area contributed by atoms with Gasteiger partial charge in [0, 0.05) is 4.88 Å². The van der Waals surface area contributed by atoms with Crippen LogP contribution in [0.25, 0.3) is 0 Å². The number of anilines is 1. The second kappa shape index (κ2) is 10.5. The maximum absolute atomic E-state index is 12.2. The summed E-state index contributed by atoms with van der Waals surface area (Å²) in [5, 5.41) is 2.99. The molecule has 1 amide bonds. The van der Waals surface area contributed by atoms with Gasteiger partial charge < -0.3 is 19.5 Å². The maximum Gasteiger partial charge on any atom is 0.347 e. The highest BCUT2D eigenvalue weighted by atomic mass is 32.1. The van der Waals surface area contributed by atoms with Gasteiger partial charge in [0.15, 0.2) is 12.7 Å². The lowest BCUT2D eigenvalue weighted by molar-refractivity contribution is -0.153. The number of esters is 2. The number of ether oxygens (including phenoxy) is 3. The summed E-state index contributed by atoms with van der Waals surface area (Å²) in [6, 6.07) is 10.5. The third kappa shape index (κ3) is 6.09. The molecule has 150 valence electrons. The molecule has 0 saturated heterocycles. The van der Waals surface area contributed by atoms with Gasteiger partial charge in [-0.1, -0.05) is 25.1 Å². The number of aryl methyl sites for hydroxylation is 1. The number of para-hydroxylation sites is 1. The first kappa shape index (κ1) is 21.4. The van der Waals surface area contributed by atoms with Crippen molar-refractivity contribution in [2.45, 2.75) is 33.3 Å². The van der Waals surface area contributed by atoms with Crippen LogP contribution in [0.3, 0.4) is 0 Å². The quantitative estimate of drug-likeness (QED) is 0.643. The highest BCUT2D eigenvalue weighted by molar-refractivity contribution is 7.16. The molecule has 0 unspecified atom stereocenters. The van der Waals surface area contributed by atoms with E-state index in [1.807, 2.05) is 13.0 Å². The third-order valence-electron chi connectivity index (χ3n) is 3.61. The van der Waals surface area contributed by atoms with E-state index in [1.165, 1.54) is 11.3 Å². The summed E-state index contributed by atoms with van der Waals surface area (Å²) in [7, 11) is 0. The number of hydrogen-bond donors (Lipinski definition) is 1. The van der Waals surface area contributed by atoms with E-state index < -0.39 is 30.6 Å². The van der Waals surface area contributed by atoms with E-state index in [0.717, 1.165) is 11.3 Å². The standard InChI is InChI=1S/C20H23NO6S/c1-4-15-11-16(20(24)25-5-2)18(28-15)21-17(22)12-26-19(23)13(3)27-14-9-7-6-8-10-14/h6-11,13H,4-5,12H2,1-3H3,(H,21,22)/t13-/m1/s1. The van der Waals surface area contributed by atoms with E-state index in [9.17, 15) is 14.4 Å². The Labute approximate surface area is 167 Å². The average Bonchev–Trinajstić information content (AvgIpc) is 3.10. The van der Waals surface area contributed by atoms with Gasteiger partial charge in [0.25, 0.3) is 5.91 Å². The molecular formula is C20H23NO6S. The monoisotopic (exact) mass is 405 g/mol. The Kier molecular flexibility index (Phi) is 8.01. The number of thiophene rings is 1. The first-order valence-electron chi connectivity index (χ1n) is 8.92. The molecule has 0 aliphatic heterocycles. The van der Waals surface area contributed by atoms with Crippen molar-refractivity contribution in [1.82, 2.24) is 0 Å². The minimum atomic E-state index is -0.862. The smallest absolute Gasteiger partial charge is 0.347 e. The van der Waals surface area contributed by atoms with Crippen molar-refractivity contribution in [3.8, 4) is 5.75 Å². The van der Waals surface area contributed by atoms with Gasteiger partial charge in [-0.05, 0) is 38.5 Å². The lowest BCUT2D eigenvalue weighted by atomic mass is 10.2. The predicted octanol–water partition coefficient (Wildman–Crippen LogP) is 3.44. The van der Waals surface area contributed by atoms with Crippen molar-refractivity contribution in [2.24, 2.45) is 0 Å². The van der Waals surface area contributed by atoms with Crippen LogP contribution in [-0.2, 0) is 25.5 Å². The van der Waals surface area contributed by atoms with Crippen LogP contribution in [0.4, 0.5) is 5.00 Å². The molecule has 0 fully saturated rings. The summed E-state index contributed by atoms with van der Waals surface area (Å²) in [6.07, 6.45) is -0.144. The Bertz CT molecular complexity index is 817. The molecule has 1 aromatic heterocycles. The summed E-state index contributed by atoms with van der Waals surface area (Å²) in [5.41, 5.74) is 0.296. The van der Waals surface area contributed by atoms with E-state index >= 15 is 0 Å². The third-order valence-corrected chi connectivity index (χ3v) is 4.81. The van der Waals surface area contributed by atoms with Gasteiger partial charge in [0.2, 0.25) is 0 Å². The van der Waals surface area contributed by atoms with Crippen molar-refractivity contribution in [3.63, 3.8) is 0 Å². The van der Waals surface area contributed by atoms with Gasteiger partial charge in [0.05, 0.1) is 12.2 Å². The molecule has 1 atom stereocenters. The number of hydrogen-bond acceptors (Lipinski definition) is 7. The van der Waals surface area contributed by atoms with Crippen molar-refractivity contribution in [3.05, 3.63) is 46.8 Å². The van der Waals surface area contributed by atoms with Gasteiger partial charge in [-0.25, -0.2) is 9.59 Å². The van der Waals surface area contributed by atoms with Crippen LogP contribution in [0.1, 0.15) is 36.0 Å². The molecule has 0 saturated carbocycles. The summed E-state index contributed by atoms with van der Waals surface area (Å²) in [5.74, 6) is -1.18. The lowest BCUT2D eigenvalue weighted by Gasteiger charge is -2.13. The fourth-order valence-electron chi connectivity index (χ4n) is 2.24. The molecule has 1 heterocycles. The van der Waals surface area contributed by atoms with Crippen LogP contribution in [0.15, 0.2) is 36.4 Å². The predicted molar refractivity (Wildman–Crippen MR) is 106 cm³/mol. The summed E-state index contributed by atoms with van der Waals surface area (Å²) in [4.78, 5) is 37.1. The van der Waals surface area contributed by atoms with Crippen molar-refractivity contribution in [1.29, 1.82) is 0 Å². The first-order valence-corrected chi connectivity index (χ1v) is 9.74. The fourth-order valence-corrected chi connectivity index (χ4v) is 3.24. The van der Waals surface area contributed by atoms with E-state index in [-0.39, 0.29) is 6.61 Å². The zero-order chi connectivity index (χ0) is 20.5. The summed E-state index contributed by atoms with van der Waals surface area (Å²) in [6.45, 7) is 4.95. The minimum absolute atomic E-state index is 0.237. The number of amides is 1. The summed E-state index contributed by atoms with van der Waals surface area (Å²) < 4.78 is 15.5. The van der Waals surface area contributed by atoms with Crippen molar-refractivity contribution in [2.75, 3.05) is 18.5 Å². The fraction of sp³-hybridized carbons (Fsp3) is 0.350. The molecule has 0 radical (unpaired) electrons. The maximum atomic E-state index is 12.2. The molecule has 0 spiro atoms. The molecule has 0 aliphatic rings. The van der Waals surface area contributed by atoms with Crippen LogP contribution in [0.5, 0.6) is 5.75 Å². The Morgan fingerprint density at radius 1 is 1.11 bits per heavy atom. The molecule has 1 aromatic carbocycles. The molecule has 0 bridgehead atoms.